The van der Waals surface area contributed by atoms with Crippen molar-refractivity contribution in [2.24, 2.45) is 40.4 Å². The molecule has 4 fully saturated rings. The Morgan fingerprint density at radius 2 is 1.57 bits per heavy atom. The van der Waals surface area contributed by atoms with Crippen molar-refractivity contribution in [2.75, 3.05) is 0 Å². The van der Waals surface area contributed by atoms with Crippen molar-refractivity contribution in [1.82, 2.24) is 0 Å². The third-order valence-electron chi connectivity index (χ3n) is 9.90. The summed E-state index contributed by atoms with van der Waals surface area (Å²) in [7, 11) is 0. The van der Waals surface area contributed by atoms with Crippen molar-refractivity contribution in [3.05, 3.63) is 0 Å². The normalized spacial score (nSPS) is 42.8. The van der Waals surface area contributed by atoms with Crippen LogP contribution in [0, 0.1) is 40.4 Å². The van der Waals surface area contributed by atoms with E-state index in [0.717, 1.165) is 36.0 Å². The molecule has 0 radical (unpaired) electrons. The lowest BCUT2D eigenvalue weighted by atomic mass is 9.45. The van der Waals surface area contributed by atoms with Gasteiger partial charge in [0.2, 0.25) is 0 Å². The Bertz CT molecular complexity index is 590. The molecule has 7 atom stereocenters. The highest BCUT2D eigenvalue weighted by Gasteiger charge is 2.59. The monoisotopic (exact) mass is 418 g/mol. The van der Waals surface area contributed by atoms with Crippen LogP contribution in [0.2, 0.25) is 0 Å². The highest BCUT2D eigenvalue weighted by molar-refractivity contribution is 5.69. The molecule has 0 aromatic heterocycles. The van der Waals surface area contributed by atoms with Crippen LogP contribution in [0.25, 0.3) is 0 Å². The Labute approximate surface area is 187 Å². The molecule has 7 unspecified atom stereocenters. The number of carbonyl (C=O) groups is 1. The van der Waals surface area contributed by atoms with Gasteiger partial charge in [-0.2, -0.15) is 0 Å². The minimum atomic E-state index is -0.356. The van der Waals surface area contributed by atoms with Crippen LogP contribution >= 0.6 is 0 Å². The van der Waals surface area contributed by atoms with Crippen molar-refractivity contribution in [2.45, 2.75) is 131 Å². The van der Waals surface area contributed by atoms with Gasteiger partial charge in [-0.05, 0) is 119 Å². The maximum absolute atomic E-state index is 12.3. The van der Waals surface area contributed by atoms with Gasteiger partial charge in [0.25, 0.3) is 0 Å². The van der Waals surface area contributed by atoms with Crippen LogP contribution in [0.15, 0.2) is 0 Å². The second-order valence-corrected chi connectivity index (χ2v) is 12.3. The molecule has 0 spiro atoms. The first kappa shape index (κ1) is 24.1. The molecule has 30 heavy (non-hydrogen) atoms. The Balaban J connectivity index is 0.00000124. The SMILES string of the molecule is CC.CC(C)(C)OC(=O)CCC1CCC2C3CCC4CCCCC4(C)C3CCC12C. The van der Waals surface area contributed by atoms with Gasteiger partial charge >= 0.3 is 5.97 Å². The molecule has 2 heteroatoms. The molecule has 2 nitrogen and oxygen atoms in total. The zero-order valence-corrected chi connectivity index (χ0v) is 21.2. The number of hydrogen-bond acceptors (Lipinski definition) is 2. The van der Waals surface area contributed by atoms with E-state index in [-0.39, 0.29) is 11.6 Å². The first-order valence-corrected chi connectivity index (χ1v) is 13.4. The van der Waals surface area contributed by atoms with Crippen LogP contribution in [-0.4, -0.2) is 11.6 Å². The number of hydrogen-bond donors (Lipinski definition) is 0. The fraction of sp³-hybridized carbons (Fsp3) is 0.964. The number of rotatable bonds is 3. The Hall–Kier alpha value is -0.530. The molecule has 0 heterocycles. The molecular formula is C28H50O2. The van der Waals surface area contributed by atoms with Crippen molar-refractivity contribution in [3.8, 4) is 0 Å². The zero-order chi connectivity index (χ0) is 22.2. The van der Waals surface area contributed by atoms with Gasteiger partial charge in [0, 0.05) is 6.42 Å². The van der Waals surface area contributed by atoms with E-state index in [4.69, 9.17) is 4.74 Å². The molecule has 4 saturated carbocycles. The highest BCUT2D eigenvalue weighted by Crippen LogP contribution is 2.67. The molecule has 0 N–H and O–H groups in total. The summed E-state index contributed by atoms with van der Waals surface area (Å²) >= 11 is 0. The highest BCUT2D eigenvalue weighted by atomic mass is 16.6. The van der Waals surface area contributed by atoms with Gasteiger partial charge in [0.1, 0.15) is 5.60 Å². The molecule has 4 rings (SSSR count). The number of esters is 1. The fourth-order valence-corrected chi connectivity index (χ4v) is 8.56. The van der Waals surface area contributed by atoms with E-state index in [2.05, 4.69) is 13.8 Å². The van der Waals surface area contributed by atoms with Crippen LogP contribution in [0.1, 0.15) is 126 Å². The molecule has 0 saturated heterocycles. The Morgan fingerprint density at radius 3 is 2.27 bits per heavy atom. The van der Waals surface area contributed by atoms with E-state index in [9.17, 15) is 4.79 Å². The van der Waals surface area contributed by atoms with Gasteiger partial charge in [0.05, 0.1) is 0 Å². The molecule has 174 valence electrons. The van der Waals surface area contributed by atoms with E-state index in [1.54, 1.807) is 0 Å². The van der Waals surface area contributed by atoms with Crippen molar-refractivity contribution < 1.29 is 9.53 Å². The quantitative estimate of drug-likeness (QED) is 0.432. The van der Waals surface area contributed by atoms with E-state index in [0.29, 0.717) is 17.3 Å². The average Bonchev–Trinajstić information content (AvgIpc) is 3.02. The lowest BCUT2D eigenvalue weighted by Crippen LogP contribution is -2.52. The largest absolute Gasteiger partial charge is 0.460 e. The van der Waals surface area contributed by atoms with Crippen molar-refractivity contribution in [3.63, 3.8) is 0 Å². The number of ether oxygens (including phenoxy) is 1. The summed E-state index contributed by atoms with van der Waals surface area (Å²) in [4.78, 5) is 12.3. The van der Waals surface area contributed by atoms with Gasteiger partial charge in [-0.25, -0.2) is 0 Å². The lowest BCUT2D eigenvalue weighted by molar-refractivity contribution is -0.155. The first-order valence-electron chi connectivity index (χ1n) is 13.4. The van der Waals surface area contributed by atoms with Gasteiger partial charge < -0.3 is 4.74 Å². The topological polar surface area (TPSA) is 26.3 Å². The molecule has 0 bridgehead atoms. The zero-order valence-electron chi connectivity index (χ0n) is 21.2. The van der Waals surface area contributed by atoms with Crippen LogP contribution in [-0.2, 0) is 9.53 Å². The fourth-order valence-electron chi connectivity index (χ4n) is 8.56. The van der Waals surface area contributed by atoms with Crippen LogP contribution in [0.4, 0.5) is 0 Å². The van der Waals surface area contributed by atoms with E-state index in [1.807, 2.05) is 34.6 Å². The first-order chi connectivity index (χ1) is 14.1. The second-order valence-electron chi connectivity index (χ2n) is 12.3. The lowest BCUT2D eigenvalue weighted by Gasteiger charge is -2.60. The summed E-state index contributed by atoms with van der Waals surface area (Å²) < 4.78 is 5.59. The molecule has 0 aromatic rings. The minimum Gasteiger partial charge on any atom is -0.460 e. The minimum absolute atomic E-state index is 0.00320. The van der Waals surface area contributed by atoms with Gasteiger partial charge in [-0.15, -0.1) is 0 Å². The Kier molecular flexibility index (Phi) is 7.35. The summed E-state index contributed by atoms with van der Waals surface area (Å²) in [6.07, 6.45) is 16.2. The standard InChI is InChI=1S/C26H44O2.C2H6/c1-24(2,3)28-23(27)14-11-19-10-13-21-20-12-9-18-8-6-7-16-25(18,4)22(20)15-17-26(19,21)5;1-2/h18-22H,6-17H2,1-5H3;1-2H3. The third kappa shape index (κ3) is 4.49. The Morgan fingerprint density at radius 1 is 0.867 bits per heavy atom. The predicted molar refractivity (Wildman–Crippen MR) is 126 cm³/mol. The van der Waals surface area contributed by atoms with Crippen molar-refractivity contribution >= 4 is 5.97 Å². The van der Waals surface area contributed by atoms with Crippen LogP contribution in [0.5, 0.6) is 0 Å². The molecule has 0 aliphatic heterocycles. The molecule has 4 aliphatic carbocycles. The van der Waals surface area contributed by atoms with E-state index >= 15 is 0 Å². The number of carbonyl (C=O) groups excluding carboxylic acids is 1. The molecule has 0 aromatic carbocycles. The summed E-state index contributed by atoms with van der Waals surface area (Å²) in [6, 6.07) is 0. The maximum Gasteiger partial charge on any atom is 0.306 e. The second kappa shape index (κ2) is 9.14. The summed E-state index contributed by atoms with van der Waals surface area (Å²) in [5.74, 6) is 4.59. The smallest absolute Gasteiger partial charge is 0.306 e. The summed E-state index contributed by atoms with van der Waals surface area (Å²) in [5.41, 5.74) is 0.753. The molecule has 0 amide bonds. The number of fused-ring (bicyclic) bond motifs is 5. The van der Waals surface area contributed by atoms with Gasteiger partial charge in [0.15, 0.2) is 0 Å². The van der Waals surface area contributed by atoms with Crippen LogP contribution < -0.4 is 0 Å². The molecule has 4 aliphatic rings. The van der Waals surface area contributed by atoms with Gasteiger partial charge in [-0.3, -0.25) is 4.79 Å². The summed E-state index contributed by atoms with van der Waals surface area (Å²) in [6.45, 7) is 15.2. The van der Waals surface area contributed by atoms with E-state index < -0.39 is 0 Å². The molecular weight excluding hydrogens is 368 g/mol. The predicted octanol–water partition coefficient (Wildman–Crippen LogP) is 8.18. The average molecular weight is 419 g/mol. The van der Waals surface area contributed by atoms with E-state index in [1.165, 1.54) is 64.2 Å². The third-order valence-corrected chi connectivity index (χ3v) is 9.90. The van der Waals surface area contributed by atoms with Gasteiger partial charge in [-0.1, -0.05) is 40.5 Å². The van der Waals surface area contributed by atoms with Crippen molar-refractivity contribution in [1.29, 1.82) is 0 Å². The maximum atomic E-state index is 12.3. The van der Waals surface area contributed by atoms with Crippen LogP contribution in [0.3, 0.4) is 0 Å². The summed E-state index contributed by atoms with van der Waals surface area (Å²) in [5, 5.41) is 0.